The van der Waals surface area contributed by atoms with Gasteiger partial charge in [0.05, 0.1) is 4.87 Å². The second-order valence-electron chi connectivity index (χ2n) is 5.72. The molecular weight excluding hydrogens is 338 g/mol. The van der Waals surface area contributed by atoms with Gasteiger partial charge in [-0.1, -0.05) is 11.6 Å². The molecule has 0 aromatic heterocycles. The van der Waals surface area contributed by atoms with Gasteiger partial charge in [-0.05, 0) is 37.6 Å². The number of benzene rings is 1. The highest BCUT2D eigenvalue weighted by Gasteiger charge is 2.52. The van der Waals surface area contributed by atoms with E-state index in [2.05, 4.69) is 10.9 Å². The Hall–Kier alpha value is -1.73. The van der Waals surface area contributed by atoms with E-state index in [1.807, 2.05) is 6.92 Å². The first-order chi connectivity index (χ1) is 10.9. The van der Waals surface area contributed by atoms with Crippen LogP contribution in [0.4, 0.5) is 0 Å². The molecule has 0 saturated carbocycles. The van der Waals surface area contributed by atoms with Crippen LogP contribution in [0.5, 0.6) is 0 Å². The van der Waals surface area contributed by atoms with Gasteiger partial charge in [0.15, 0.2) is 0 Å². The fourth-order valence-corrected chi connectivity index (χ4v) is 4.45. The van der Waals surface area contributed by atoms with Crippen LogP contribution in [0.15, 0.2) is 24.3 Å². The number of carbonyl (C=O) groups excluding carboxylic acids is 3. The highest BCUT2D eigenvalue weighted by Crippen LogP contribution is 2.47. The number of nitrogens with zero attached hydrogens (tertiary/aromatic N) is 1. The average Bonchev–Trinajstić information content (AvgIpc) is 3.02. The molecular formula is C15H16ClN3O3S. The fraction of sp³-hybridized carbons (Fsp3) is 0.400. The Morgan fingerprint density at radius 2 is 2.00 bits per heavy atom. The lowest BCUT2D eigenvalue weighted by Gasteiger charge is -2.29. The maximum absolute atomic E-state index is 12.3. The molecule has 2 saturated heterocycles. The third-order valence-corrected chi connectivity index (χ3v) is 5.91. The molecule has 6 nitrogen and oxygen atoms in total. The van der Waals surface area contributed by atoms with E-state index in [-0.39, 0.29) is 16.7 Å². The SMILES string of the molecule is CC12CCC(=O)N1C(C(=O)NNC(=O)c1ccc(Cl)cc1)CS2. The van der Waals surface area contributed by atoms with E-state index in [4.69, 9.17) is 11.6 Å². The number of halogens is 1. The van der Waals surface area contributed by atoms with E-state index in [0.29, 0.717) is 22.8 Å². The maximum Gasteiger partial charge on any atom is 0.269 e. The molecule has 0 aliphatic carbocycles. The zero-order valence-corrected chi connectivity index (χ0v) is 14.0. The second kappa shape index (κ2) is 6.05. The van der Waals surface area contributed by atoms with Gasteiger partial charge in [-0.25, -0.2) is 0 Å². The molecule has 0 radical (unpaired) electrons. The molecule has 3 rings (SSSR count). The van der Waals surface area contributed by atoms with Gasteiger partial charge in [-0.2, -0.15) is 0 Å². The topological polar surface area (TPSA) is 78.5 Å². The molecule has 0 spiro atoms. The molecule has 2 aliphatic heterocycles. The number of rotatable bonds is 2. The summed E-state index contributed by atoms with van der Waals surface area (Å²) in [7, 11) is 0. The van der Waals surface area contributed by atoms with Crippen molar-refractivity contribution in [2.75, 3.05) is 5.75 Å². The quantitative estimate of drug-likeness (QED) is 0.791. The zero-order chi connectivity index (χ0) is 16.6. The van der Waals surface area contributed by atoms with E-state index < -0.39 is 11.9 Å². The standard InChI is InChI=1S/C15H16ClN3O3S/c1-15-7-6-12(20)19(15)11(8-23-15)14(22)18-17-13(21)9-2-4-10(16)5-3-9/h2-5,11H,6-8H2,1H3,(H,17,21)(H,18,22). The Morgan fingerprint density at radius 3 is 2.70 bits per heavy atom. The normalized spacial score (nSPS) is 26.1. The predicted octanol–water partition coefficient (Wildman–Crippen LogP) is 1.55. The Balaban J connectivity index is 1.60. The first-order valence-corrected chi connectivity index (χ1v) is 8.59. The lowest BCUT2D eigenvalue weighted by molar-refractivity contribution is -0.138. The first-order valence-electron chi connectivity index (χ1n) is 7.22. The van der Waals surface area contributed by atoms with Crippen molar-refractivity contribution in [2.45, 2.75) is 30.7 Å². The number of hydrogen-bond donors (Lipinski definition) is 2. The number of hydrogen-bond acceptors (Lipinski definition) is 4. The Kier molecular flexibility index (Phi) is 4.25. The molecule has 8 heteroatoms. The average molecular weight is 354 g/mol. The molecule has 2 fully saturated rings. The number of amides is 3. The third kappa shape index (κ3) is 3.03. The number of thioether (sulfide) groups is 1. The Labute approximate surface area is 142 Å². The van der Waals surface area contributed by atoms with E-state index in [0.717, 1.165) is 6.42 Å². The van der Waals surface area contributed by atoms with Crippen molar-refractivity contribution < 1.29 is 14.4 Å². The summed E-state index contributed by atoms with van der Waals surface area (Å²) in [6, 6.07) is 5.78. The molecule has 2 N–H and O–H groups in total. The van der Waals surface area contributed by atoms with Crippen LogP contribution in [0.3, 0.4) is 0 Å². The lowest BCUT2D eigenvalue weighted by Crippen LogP contribution is -2.54. The van der Waals surface area contributed by atoms with Crippen LogP contribution in [0.25, 0.3) is 0 Å². The minimum atomic E-state index is -0.550. The summed E-state index contributed by atoms with van der Waals surface area (Å²) in [5, 5.41) is 0.528. The van der Waals surface area contributed by atoms with Crippen LogP contribution < -0.4 is 10.9 Å². The number of hydrazine groups is 1. The summed E-state index contributed by atoms with van der Waals surface area (Å²) in [6.45, 7) is 1.97. The van der Waals surface area contributed by atoms with Crippen molar-refractivity contribution in [3.05, 3.63) is 34.9 Å². The molecule has 0 bridgehead atoms. The van der Waals surface area contributed by atoms with Crippen LogP contribution in [0.2, 0.25) is 5.02 Å². The summed E-state index contributed by atoms with van der Waals surface area (Å²) >= 11 is 7.37. The van der Waals surface area contributed by atoms with Crippen molar-refractivity contribution in [1.29, 1.82) is 0 Å². The highest BCUT2D eigenvalue weighted by molar-refractivity contribution is 8.01. The van der Waals surface area contributed by atoms with Crippen molar-refractivity contribution in [3.8, 4) is 0 Å². The summed E-state index contributed by atoms with van der Waals surface area (Å²) in [5.74, 6) is -0.290. The van der Waals surface area contributed by atoms with Crippen LogP contribution in [0.1, 0.15) is 30.1 Å². The summed E-state index contributed by atoms with van der Waals surface area (Å²) < 4.78 is 0. The van der Waals surface area contributed by atoms with Gasteiger partial charge >= 0.3 is 0 Å². The molecule has 23 heavy (non-hydrogen) atoms. The second-order valence-corrected chi connectivity index (χ2v) is 7.65. The zero-order valence-electron chi connectivity index (χ0n) is 12.5. The van der Waals surface area contributed by atoms with Gasteiger partial charge in [0.1, 0.15) is 6.04 Å². The van der Waals surface area contributed by atoms with Crippen molar-refractivity contribution >= 4 is 41.1 Å². The van der Waals surface area contributed by atoms with Crippen molar-refractivity contribution in [2.24, 2.45) is 0 Å². The van der Waals surface area contributed by atoms with Crippen molar-refractivity contribution in [1.82, 2.24) is 15.8 Å². The fourth-order valence-electron chi connectivity index (χ4n) is 2.89. The molecule has 122 valence electrons. The van der Waals surface area contributed by atoms with Gasteiger partial charge < -0.3 is 4.90 Å². The largest absolute Gasteiger partial charge is 0.315 e. The molecule has 2 atom stereocenters. The van der Waals surface area contributed by atoms with Crippen molar-refractivity contribution in [3.63, 3.8) is 0 Å². The van der Waals surface area contributed by atoms with Crippen LogP contribution >= 0.6 is 23.4 Å². The Morgan fingerprint density at radius 1 is 1.30 bits per heavy atom. The predicted molar refractivity (Wildman–Crippen MR) is 87.8 cm³/mol. The first kappa shape index (κ1) is 16.1. The monoisotopic (exact) mass is 353 g/mol. The molecule has 1 aromatic carbocycles. The van der Waals surface area contributed by atoms with Crippen LogP contribution in [-0.4, -0.2) is 39.3 Å². The number of nitrogens with one attached hydrogen (secondary N) is 2. The van der Waals surface area contributed by atoms with E-state index in [9.17, 15) is 14.4 Å². The van der Waals surface area contributed by atoms with E-state index >= 15 is 0 Å². The number of carbonyl (C=O) groups is 3. The van der Waals surface area contributed by atoms with Gasteiger partial charge in [-0.15, -0.1) is 11.8 Å². The number of fused-ring (bicyclic) bond motifs is 1. The van der Waals surface area contributed by atoms with E-state index in [1.165, 1.54) is 0 Å². The molecule has 2 heterocycles. The smallest absolute Gasteiger partial charge is 0.269 e. The van der Waals surface area contributed by atoms with Gasteiger partial charge in [0.25, 0.3) is 11.8 Å². The summed E-state index contributed by atoms with van der Waals surface area (Å²) in [4.78, 5) is 37.6. The molecule has 1 aromatic rings. The van der Waals surface area contributed by atoms with E-state index in [1.54, 1.807) is 40.9 Å². The minimum absolute atomic E-state index is 0.0123. The molecule has 3 amide bonds. The van der Waals surface area contributed by atoms with Gasteiger partial charge in [0.2, 0.25) is 5.91 Å². The lowest BCUT2D eigenvalue weighted by atomic mass is 10.2. The minimum Gasteiger partial charge on any atom is -0.315 e. The summed E-state index contributed by atoms with van der Waals surface area (Å²) in [6.07, 6.45) is 1.21. The molecule has 2 aliphatic rings. The maximum atomic E-state index is 12.3. The van der Waals surface area contributed by atoms with Gasteiger partial charge in [-0.3, -0.25) is 25.2 Å². The van der Waals surface area contributed by atoms with Crippen LogP contribution in [-0.2, 0) is 9.59 Å². The highest BCUT2D eigenvalue weighted by atomic mass is 35.5. The van der Waals surface area contributed by atoms with Crippen LogP contribution in [0, 0.1) is 0 Å². The third-order valence-electron chi connectivity index (χ3n) is 4.15. The molecule has 2 unspecified atom stereocenters. The van der Waals surface area contributed by atoms with Gasteiger partial charge in [0, 0.05) is 22.8 Å². The Bertz CT molecular complexity index is 666. The summed E-state index contributed by atoms with van der Waals surface area (Å²) in [5.41, 5.74) is 5.17.